The van der Waals surface area contributed by atoms with Crippen LogP contribution in [0.5, 0.6) is 0 Å². The highest BCUT2D eigenvalue weighted by Crippen LogP contribution is 2.39. The van der Waals surface area contributed by atoms with Crippen molar-refractivity contribution < 1.29 is 0 Å². The first-order chi connectivity index (χ1) is 33.7. The van der Waals surface area contributed by atoms with Gasteiger partial charge in [0.2, 0.25) is 0 Å². The van der Waals surface area contributed by atoms with Crippen LogP contribution in [-0.2, 0) is 0 Å². The van der Waals surface area contributed by atoms with Gasteiger partial charge in [0.05, 0.1) is 22.1 Å². The first kappa shape index (κ1) is 39.2. The molecule has 13 aromatic rings. The molecule has 0 fully saturated rings. The van der Waals surface area contributed by atoms with E-state index in [0.717, 1.165) is 50.3 Å². The average molecular weight is 868 g/mol. The molecule has 5 nitrogen and oxygen atoms in total. The summed E-state index contributed by atoms with van der Waals surface area (Å²) in [4.78, 5) is 14.9. The van der Waals surface area contributed by atoms with Gasteiger partial charge in [0.25, 0.3) is 0 Å². The summed E-state index contributed by atoms with van der Waals surface area (Å²) in [6.07, 6.45) is 0. The van der Waals surface area contributed by atoms with Gasteiger partial charge in [-0.2, -0.15) is 0 Å². The molecule has 0 unspecified atom stereocenters. The highest BCUT2D eigenvalue weighted by atomic mass is 15.0. The second-order valence-electron chi connectivity index (χ2n) is 17.3. The van der Waals surface area contributed by atoms with E-state index in [1.807, 2.05) is 60.7 Å². The molecule has 13 rings (SSSR count). The standard InChI is InChI=1S/C63H41N5/c1-4-16-43(17-5-1)61-64-62(44-18-6-2-7-19-44)66-63(65-61)50-23-15-22-47(39-50)46-21-14-20-45(38-46)42-30-34-52(35-31-42)68-58-29-13-11-27-54(58)56-41-49(33-37-60(56)68)48-32-36-59-55(40-48)53-26-10-12-28-57(53)67(59)51-24-8-3-9-25-51/h1-41H. The van der Waals surface area contributed by atoms with Gasteiger partial charge >= 0.3 is 0 Å². The van der Waals surface area contributed by atoms with Crippen molar-refractivity contribution in [3.8, 4) is 78.9 Å². The van der Waals surface area contributed by atoms with Gasteiger partial charge in [-0.1, -0.05) is 176 Å². The van der Waals surface area contributed by atoms with Gasteiger partial charge in [0.1, 0.15) is 0 Å². The van der Waals surface area contributed by atoms with Crippen LogP contribution in [0.4, 0.5) is 0 Å². The topological polar surface area (TPSA) is 48.5 Å². The molecule has 10 aromatic carbocycles. The van der Waals surface area contributed by atoms with Gasteiger partial charge in [-0.25, -0.2) is 15.0 Å². The Balaban J connectivity index is 0.831. The second kappa shape index (κ2) is 16.4. The van der Waals surface area contributed by atoms with E-state index in [9.17, 15) is 0 Å². The maximum atomic E-state index is 4.99. The van der Waals surface area contributed by atoms with Crippen LogP contribution in [0.3, 0.4) is 0 Å². The van der Waals surface area contributed by atoms with Crippen molar-refractivity contribution in [2.24, 2.45) is 0 Å². The van der Waals surface area contributed by atoms with Crippen molar-refractivity contribution >= 4 is 43.6 Å². The Labute approximate surface area is 393 Å². The Morgan fingerprint density at radius 3 is 1.06 bits per heavy atom. The minimum atomic E-state index is 0.637. The number of hydrogen-bond acceptors (Lipinski definition) is 3. The highest BCUT2D eigenvalue weighted by molar-refractivity contribution is 6.12. The zero-order chi connectivity index (χ0) is 45.0. The molecular weight excluding hydrogens is 827 g/mol. The van der Waals surface area contributed by atoms with Crippen molar-refractivity contribution in [3.05, 3.63) is 249 Å². The second-order valence-corrected chi connectivity index (χ2v) is 17.3. The Kier molecular flexibility index (Phi) is 9.43. The lowest BCUT2D eigenvalue weighted by molar-refractivity contribution is 1.07. The summed E-state index contributed by atoms with van der Waals surface area (Å²) in [6, 6.07) is 88.4. The lowest BCUT2D eigenvalue weighted by atomic mass is 9.97. The van der Waals surface area contributed by atoms with Crippen LogP contribution in [0.1, 0.15) is 0 Å². The molecule has 0 saturated carbocycles. The van der Waals surface area contributed by atoms with E-state index >= 15 is 0 Å². The van der Waals surface area contributed by atoms with E-state index in [1.54, 1.807) is 0 Å². The summed E-state index contributed by atoms with van der Waals surface area (Å²) in [6.45, 7) is 0. The van der Waals surface area contributed by atoms with E-state index in [4.69, 9.17) is 15.0 Å². The minimum Gasteiger partial charge on any atom is -0.309 e. The number of rotatable bonds is 8. The molecule has 0 amide bonds. The average Bonchev–Trinajstić information content (AvgIpc) is 3.94. The first-order valence-electron chi connectivity index (χ1n) is 23.0. The van der Waals surface area contributed by atoms with Crippen LogP contribution in [0, 0.1) is 0 Å². The summed E-state index contributed by atoms with van der Waals surface area (Å²) in [7, 11) is 0. The molecule has 5 heteroatoms. The van der Waals surface area contributed by atoms with Crippen molar-refractivity contribution in [1.82, 2.24) is 24.1 Å². The van der Waals surface area contributed by atoms with Gasteiger partial charge in [-0.15, -0.1) is 0 Å². The molecule has 0 aliphatic carbocycles. The third kappa shape index (κ3) is 6.84. The van der Waals surface area contributed by atoms with E-state index in [2.05, 4.69) is 197 Å². The van der Waals surface area contributed by atoms with Crippen LogP contribution in [0.25, 0.3) is 123 Å². The van der Waals surface area contributed by atoms with Gasteiger partial charge in [-0.3, -0.25) is 0 Å². The largest absolute Gasteiger partial charge is 0.309 e. The third-order valence-corrected chi connectivity index (χ3v) is 13.2. The molecular formula is C63H41N5. The number of aromatic nitrogens is 5. The van der Waals surface area contributed by atoms with Gasteiger partial charge < -0.3 is 9.13 Å². The van der Waals surface area contributed by atoms with Crippen LogP contribution < -0.4 is 0 Å². The van der Waals surface area contributed by atoms with E-state index in [1.165, 1.54) is 54.7 Å². The molecule has 0 N–H and O–H groups in total. The van der Waals surface area contributed by atoms with E-state index in [-0.39, 0.29) is 0 Å². The Hall–Kier alpha value is -9.19. The molecule has 0 radical (unpaired) electrons. The summed E-state index contributed by atoms with van der Waals surface area (Å²) in [5, 5.41) is 4.96. The zero-order valence-electron chi connectivity index (χ0n) is 36.9. The van der Waals surface area contributed by atoms with E-state index < -0.39 is 0 Å². The predicted octanol–water partition coefficient (Wildman–Crippen LogP) is 16.1. The molecule has 68 heavy (non-hydrogen) atoms. The lowest BCUT2D eigenvalue weighted by Gasteiger charge is -2.11. The fourth-order valence-electron chi connectivity index (χ4n) is 9.90. The smallest absolute Gasteiger partial charge is 0.164 e. The molecule has 0 aliphatic heterocycles. The summed E-state index contributed by atoms with van der Waals surface area (Å²) < 4.78 is 4.76. The van der Waals surface area contributed by atoms with Crippen LogP contribution >= 0.6 is 0 Å². The fourth-order valence-corrected chi connectivity index (χ4v) is 9.90. The molecule has 0 aliphatic rings. The van der Waals surface area contributed by atoms with Gasteiger partial charge in [0, 0.05) is 49.6 Å². The molecule has 0 bridgehead atoms. The molecule has 0 atom stereocenters. The predicted molar refractivity (Wildman–Crippen MR) is 281 cm³/mol. The molecule has 3 heterocycles. The van der Waals surface area contributed by atoms with Crippen LogP contribution in [0.2, 0.25) is 0 Å². The zero-order valence-corrected chi connectivity index (χ0v) is 36.9. The van der Waals surface area contributed by atoms with Gasteiger partial charge in [0.15, 0.2) is 17.5 Å². The molecule has 0 spiro atoms. The SMILES string of the molecule is c1ccc(-c2nc(-c3ccccc3)nc(-c3cccc(-c4cccc(-c5ccc(-n6c7ccccc7c7cc(-c8ccc9c(c8)c8ccccc8n9-c8ccccc8)ccc76)cc5)c4)c3)n2)cc1. The maximum Gasteiger partial charge on any atom is 0.164 e. The summed E-state index contributed by atoms with van der Waals surface area (Å²) in [5.41, 5.74) is 16.8. The lowest BCUT2D eigenvalue weighted by Crippen LogP contribution is -2.00. The Morgan fingerprint density at radius 1 is 0.206 bits per heavy atom. The quantitative estimate of drug-likeness (QED) is 0.153. The van der Waals surface area contributed by atoms with Gasteiger partial charge in [-0.05, 0) is 106 Å². The fraction of sp³-hybridized carbons (Fsp3) is 0. The number of nitrogens with zero attached hydrogens (tertiary/aromatic N) is 5. The summed E-state index contributed by atoms with van der Waals surface area (Å²) in [5.74, 6) is 1.93. The molecule has 318 valence electrons. The van der Waals surface area contributed by atoms with Crippen LogP contribution in [0.15, 0.2) is 249 Å². The normalized spacial score (nSPS) is 11.5. The van der Waals surface area contributed by atoms with Crippen molar-refractivity contribution in [2.45, 2.75) is 0 Å². The third-order valence-electron chi connectivity index (χ3n) is 13.2. The monoisotopic (exact) mass is 867 g/mol. The van der Waals surface area contributed by atoms with Crippen LogP contribution in [-0.4, -0.2) is 24.1 Å². The van der Waals surface area contributed by atoms with Crippen molar-refractivity contribution in [3.63, 3.8) is 0 Å². The number of fused-ring (bicyclic) bond motifs is 6. The highest BCUT2D eigenvalue weighted by Gasteiger charge is 2.17. The molecule has 3 aromatic heterocycles. The van der Waals surface area contributed by atoms with E-state index in [0.29, 0.717) is 17.5 Å². The Bertz CT molecular complexity index is 3940. The number of para-hydroxylation sites is 3. The number of benzene rings is 10. The van der Waals surface area contributed by atoms with Crippen molar-refractivity contribution in [1.29, 1.82) is 0 Å². The summed E-state index contributed by atoms with van der Waals surface area (Å²) >= 11 is 0. The number of hydrogen-bond donors (Lipinski definition) is 0. The van der Waals surface area contributed by atoms with Crippen molar-refractivity contribution in [2.75, 3.05) is 0 Å². The first-order valence-corrected chi connectivity index (χ1v) is 23.0. The maximum absolute atomic E-state index is 4.99. The minimum absolute atomic E-state index is 0.637. The Morgan fingerprint density at radius 2 is 0.544 bits per heavy atom. The molecule has 0 saturated heterocycles.